The zero-order valence-electron chi connectivity index (χ0n) is 7.84. The predicted octanol–water partition coefficient (Wildman–Crippen LogP) is 2.61. The fourth-order valence-corrected chi connectivity index (χ4v) is 1.64. The van der Waals surface area contributed by atoms with Gasteiger partial charge >= 0.3 is 0 Å². The summed E-state index contributed by atoms with van der Waals surface area (Å²) in [4.78, 5) is 0. The average molecular weight is 312 g/mol. The number of hydrogen-bond acceptors (Lipinski definition) is 3. The highest BCUT2D eigenvalue weighted by Crippen LogP contribution is 2.40. The standard InChI is InChI=1S/C9H10FIO3/c1-12-7-4-3-6(11)8(14-5-10)9(7)13-2/h3-4H,5H2,1-2H3. The van der Waals surface area contributed by atoms with Crippen molar-refractivity contribution in [2.24, 2.45) is 0 Å². The summed E-state index contributed by atoms with van der Waals surface area (Å²) in [6.45, 7) is -0.889. The number of benzene rings is 1. The number of halogens is 2. The van der Waals surface area contributed by atoms with E-state index in [1.807, 2.05) is 22.6 Å². The lowest BCUT2D eigenvalue weighted by Gasteiger charge is -2.13. The van der Waals surface area contributed by atoms with Gasteiger partial charge in [0.05, 0.1) is 17.8 Å². The molecule has 0 amide bonds. The topological polar surface area (TPSA) is 27.7 Å². The van der Waals surface area contributed by atoms with Crippen molar-refractivity contribution >= 4 is 22.6 Å². The van der Waals surface area contributed by atoms with Crippen molar-refractivity contribution in [3.8, 4) is 17.2 Å². The molecule has 0 unspecified atom stereocenters. The van der Waals surface area contributed by atoms with Crippen LogP contribution in [0.25, 0.3) is 0 Å². The lowest BCUT2D eigenvalue weighted by atomic mass is 10.3. The van der Waals surface area contributed by atoms with Crippen LogP contribution >= 0.6 is 22.6 Å². The Balaban J connectivity index is 3.20. The summed E-state index contributed by atoms with van der Waals surface area (Å²) in [7, 11) is 3.00. The first-order chi connectivity index (χ1) is 6.74. The number of ether oxygens (including phenoxy) is 3. The molecule has 0 fully saturated rings. The minimum absolute atomic E-state index is 0.370. The van der Waals surface area contributed by atoms with Gasteiger partial charge in [-0.25, -0.2) is 4.39 Å². The molecule has 0 heterocycles. The van der Waals surface area contributed by atoms with Crippen molar-refractivity contribution in [2.45, 2.75) is 0 Å². The molecule has 0 aromatic heterocycles. The third-order valence-electron chi connectivity index (χ3n) is 1.65. The fraction of sp³-hybridized carbons (Fsp3) is 0.333. The average Bonchev–Trinajstić information content (AvgIpc) is 2.21. The zero-order chi connectivity index (χ0) is 10.6. The summed E-state index contributed by atoms with van der Waals surface area (Å²) in [6.07, 6.45) is 0. The normalized spacial score (nSPS) is 9.71. The van der Waals surface area contributed by atoms with Crippen molar-refractivity contribution in [1.82, 2.24) is 0 Å². The molecule has 14 heavy (non-hydrogen) atoms. The molecule has 0 aliphatic rings. The Morgan fingerprint density at radius 3 is 2.43 bits per heavy atom. The Labute approximate surface area is 95.3 Å². The Morgan fingerprint density at radius 2 is 1.93 bits per heavy atom. The lowest BCUT2D eigenvalue weighted by Crippen LogP contribution is -1.99. The van der Waals surface area contributed by atoms with E-state index >= 15 is 0 Å². The molecule has 0 bridgehead atoms. The predicted molar refractivity (Wildman–Crippen MR) is 58.9 cm³/mol. The summed E-state index contributed by atoms with van der Waals surface area (Å²) in [6, 6.07) is 3.51. The minimum Gasteiger partial charge on any atom is -0.493 e. The van der Waals surface area contributed by atoms with Crippen LogP contribution in [0.1, 0.15) is 0 Å². The van der Waals surface area contributed by atoms with Gasteiger partial charge in [0.15, 0.2) is 11.5 Å². The molecule has 5 heteroatoms. The van der Waals surface area contributed by atoms with Gasteiger partial charge in [-0.1, -0.05) is 0 Å². The van der Waals surface area contributed by atoms with E-state index in [2.05, 4.69) is 0 Å². The van der Waals surface area contributed by atoms with Crippen LogP contribution < -0.4 is 14.2 Å². The van der Waals surface area contributed by atoms with Crippen molar-refractivity contribution in [1.29, 1.82) is 0 Å². The van der Waals surface area contributed by atoms with Crippen LogP contribution in [0.2, 0.25) is 0 Å². The number of alkyl halides is 1. The van der Waals surface area contributed by atoms with E-state index in [0.717, 1.165) is 3.57 Å². The lowest BCUT2D eigenvalue weighted by molar-refractivity contribution is 0.181. The maximum absolute atomic E-state index is 12.1. The van der Waals surface area contributed by atoms with Gasteiger partial charge in [-0.2, -0.15) is 0 Å². The van der Waals surface area contributed by atoms with E-state index in [0.29, 0.717) is 17.2 Å². The van der Waals surface area contributed by atoms with Gasteiger partial charge in [0.1, 0.15) is 0 Å². The van der Waals surface area contributed by atoms with Crippen LogP contribution in [0.5, 0.6) is 17.2 Å². The Morgan fingerprint density at radius 1 is 1.21 bits per heavy atom. The smallest absolute Gasteiger partial charge is 0.228 e. The second kappa shape index (κ2) is 5.23. The van der Waals surface area contributed by atoms with Gasteiger partial charge in [0.2, 0.25) is 12.6 Å². The monoisotopic (exact) mass is 312 g/mol. The maximum Gasteiger partial charge on any atom is 0.228 e. The van der Waals surface area contributed by atoms with E-state index in [4.69, 9.17) is 14.2 Å². The molecule has 3 nitrogen and oxygen atoms in total. The van der Waals surface area contributed by atoms with E-state index in [9.17, 15) is 4.39 Å². The maximum atomic E-state index is 12.1. The largest absolute Gasteiger partial charge is 0.493 e. The molecule has 0 radical (unpaired) electrons. The third kappa shape index (κ3) is 2.20. The first kappa shape index (κ1) is 11.4. The number of methoxy groups -OCH3 is 2. The summed E-state index contributed by atoms with van der Waals surface area (Å²) in [5.74, 6) is 1.31. The van der Waals surface area contributed by atoms with Gasteiger partial charge < -0.3 is 14.2 Å². The van der Waals surface area contributed by atoms with Crippen LogP contribution in [0, 0.1) is 3.57 Å². The van der Waals surface area contributed by atoms with E-state index in [-0.39, 0.29) is 0 Å². The molecule has 1 rings (SSSR count). The molecule has 0 aliphatic carbocycles. The van der Waals surface area contributed by atoms with E-state index in [1.165, 1.54) is 14.2 Å². The first-order valence-corrected chi connectivity index (χ1v) is 4.91. The Kier molecular flexibility index (Phi) is 4.24. The molecule has 0 spiro atoms. The van der Waals surface area contributed by atoms with Gasteiger partial charge in [0, 0.05) is 0 Å². The van der Waals surface area contributed by atoms with Crippen molar-refractivity contribution in [3.63, 3.8) is 0 Å². The summed E-state index contributed by atoms with van der Waals surface area (Å²) in [5.41, 5.74) is 0. The van der Waals surface area contributed by atoms with Gasteiger partial charge in [-0.05, 0) is 34.7 Å². The number of rotatable bonds is 4. The quantitative estimate of drug-likeness (QED) is 0.800. The first-order valence-electron chi connectivity index (χ1n) is 3.83. The van der Waals surface area contributed by atoms with Gasteiger partial charge in [0.25, 0.3) is 0 Å². The van der Waals surface area contributed by atoms with Crippen molar-refractivity contribution in [2.75, 3.05) is 21.1 Å². The molecular formula is C9H10FIO3. The van der Waals surface area contributed by atoms with Crippen LogP contribution in [0.3, 0.4) is 0 Å². The fourth-order valence-electron chi connectivity index (χ4n) is 1.06. The third-order valence-corrected chi connectivity index (χ3v) is 2.50. The highest BCUT2D eigenvalue weighted by atomic mass is 127. The summed E-state index contributed by atoms with van der Waals surface area (Å²) >= 11 is 2.04. The van der Waals surface area contributed by atoms with Crippen LogP contribution in [0.15, 0.2) is 12.1 Å². The number of hydrogen-bond donors (Lipinski definition) is 0. The second-order valence-corrected chi connectivity index (χ2v) is 3.53. The molecule has 0 saturated carbocycles. The highest BCUT2D eigenvalue weighted by molar-refractivity contribution is 14.1. The molecule has 1 aromatic rings. The summed E-state index contributed by atoms with van der Waals surface area (Å²) in [5, 5.41) is 0. The Bertz CT molecular complexity index is 317. The molecule has 0 atom stereocenters. The minimum atomic E-state index is -0.889. The molecule has 0 aliphatic heterocycles. The van der Waals surface area contributed by atoms with Crippen molar-refractivity contribution in [3.05, 3.63) is 15.7 Å². The van der Waals surface area contributed by atoms with Crippen LogP contribution in [-0.4, -0.2) is 21.1 Å². The van der Waals surface area contributed by atoms with E-state index < -0.39 is 6.86 Å². The van der Waals surface area contributed by atoms with Crippen LogP contribution in [-0.2, 0) is 0 Å². The van der Waals surface area contributed by atoms with Crippen molar-refractivity contribution < 1.29 is 18.6 Å². The molecule has 1 aromatic carbocycles. The molecular weight excluding hydrogens is 302 g/mol. The Hall–Kier alpha value is -0.720. The highest BCUT2D eigenvalue weighted by Gasteiger charge is 2.14. The second-order valence-electron chi connectivity index (χ2n) is 2.37. The van der Waals surface area contributed by atoms with Gasteiger partial charge in [-0.15, -0.1) is 0 Å². The molecule has 78 valence electrons. The molecule has 0 saturated heterocycles. The SMILES string of the molecule is COc1ccc(I)c(OCF)c1OC. The molecule has 0 N–H and O–H groups in total. The summed E-state index contributed by atoms with van der Waals surface area (Å²) < 4.78 is 27.8. The zero-order valence-corrected chi connectivity index (χ0v) is 10.00. The van der Waals surface area contributed by atoms with Crippen LogP contribution in [0.4, 0.5) is 4.39 Å². The van der Waals surface area contributed by atoms with E-state index in [1.54, 1.807) is 12.1 Å². The van der Waals surface area contributed by atoms with Gasteiger partial charge in [-0.3, -0.25) is 0 Å².